The molecule has 1 fully saturated rings. The van der Waals surface area contributed by atoms with E-state index in [1.54, 1.807) is 24.4 Å². The van der Waals surface area contributed by atoms with E-state index in [2.05, 4.69) is 15.6 Å². The van der Waals surface area contributed by atoms with Crippen LogP contribution in [0.3, 0.4) is 0 Å². The number of ether oxygens (including phenoxy) is 4. The SMILES string of the molecule is COc1cc2nccc(Oc3ccc(NC(=O)[C@H]4[C@@H](C(=O)Nc5ccc(F)cc5)C4(C)C)cc3F)c2cc1OCCOC(C)(C)C.[HH].[HH]. The number of nitrogens with one attached hydrogen (secondary N) is 2. The second-order valence-electron chi connectivity index (χ2n) is 12.6. The largest absolute Gasteiger partial charge is 0.493 e. The average molecular weight is 638 g/mol. The molecule has 0 radical (unpaired) electrons. The molecule has 1 aliphatic rings. The van der Waals surface area contributed by atoms with E-state index in [1.807, 2.05) is 34.6 Å². The maximum atomic E-state index is 15.3. The monoisotopic (exact) mass is 637 g/mol. The average Bonchev–Trinajstić information content (AvgIpc) is 3.59. The van der Waals surface area contributed by atoms with Crippen molar-refractivity contribution in [1.82, 2.24) is 4.98 Å². The summed E-state index contributed by atoms with van der Waals surface area (Å²) in [5, 5.41) is 6.02. The van der Waals surface area contributed by atoms with Crippen LogP contribution in [0.4, 0.5) is 20.2 Å². The maximum absolute atomic E-state index is 15.3. The van der Waals surface area contributed by atoms with Crippen LogP contribution < -0.4 is 24.8 Å². The molecule has 1 heterocycles. The molecule has 46 heavy (non-hydrogen) atoms. The van der Waals surface area contributed by atoms with Crippen molar-refractivity contribution in [1.29, 1.82) is 0 Å². The Morgan fingerprint density at radius 3 is 2.13 bits per heavy atom. The first kappa shape index (κ1) is 32.6. The summed E-state index contributed by atoms with van der Waals surface area (Å²) in [6.07, 6.45) is 1.54. The van der Waals surface area contributed by atoms with Crippen LogP contribution in [-0.4, -0.2) is 42.7 Å². The number of halogens is 2. The second-order valence-corrected chi connectivity index (χ2v) is 12.6. The van der Waals surface area contributed by atoms with Crippen LogP contribution in [0.15, 0.2) is 66.9 Å². The Bertz CT molecular complexity index is 1770. The van der Waals surface area contributed by atoms with Gasteiger partial charge < -0.3 is 29.6 Å². The number of anilines is 2. The fourth-order valence-corrected chi connectivity index (χ4v) is 5.36. The molecule has 1 aromatic heterocycles. The van der Waals surface area contributed by atoms with Crippen LogP contribution in [0.1, 0.15) is 37.5 Å². The van der Waals surface area contributed by atoms with E-state index < -0.39 is 34.8 Å². The number of benzene rings is 3. The molecule has 0 spiro atoms. The van der Waals surface area contributed by atoms with Gasteiger partial charge in [0.05, 0.1) is 36.7 Å². The highest BCUT2D eigenvalue weighted by atomic mass is 19.1. The van der Waals surface area contributed by atoms with E-state index in [-0.39, 0.29) is 32.4 Å². The van der Waals surface area contributed by atoms with Crippen molar-refractivity contribution in [2.24, 2.45) is 17.3 Å². The third-order valence-corrected chi connectivity index (χ3v) is 7.79. The van der Waals surface area contributed by atoms with E-state index >= 15 is 4.39 Å². The molecule has 11 heteroatoms. The zero-order chi connectivity index (χ0) is 33.2. The maximum Gasteiger partial charge on any atom is 0.228 e. The van der Waals surface area contributed by atoms with Crippen LogP contribution in [0.5, 0.6) is 23.0 Å². The number of aromatic nitrogens is 1. The van der Waals surface area contributed by atoms with Crippen LogP contribution in [0.2, 0.25) is 0 Å². The molecular weight excluding hydrogens is 596 g/mol. The van der Waals surface area contributed by atoms with Gasteiger partial charge in [0.25, 0.3) is 0 Å². The van der Waals surface area contributed by atoms with Crippen molar-refractivity contribution >= 4 is 34.1 Å². The molecule has 3 aromatic carbocycles. The highest BCUT2D eigenvalue weighted by molar-refractivity contribution is 6.04. The van der Waals surface area contributed by atoms with Crippen molar-refractivity contribution in [2.45, 2.75) is 40.2 Å². The van der Waals surface area contributed by atoms with E-state index in [9.17, 15) is 14.0 Å². The Hall–Kier alpha value is -4.77. The summed E-state index contributed by atoms with van der Waals surface area (Å²) >= 11 is 0. The summed E-state index contributed by atoms with van der Waals surface area (Å²) in [7, 11) is 1.53. The molecule has 2 atom stereocenters. The Balaban J connectivity index is 0.00000312. The van der Waals surface area contributed by atoms with Gasteiger partial charge in [-0.3, -0.25) is 14.6 Å². The topological polar surface area (TPSA) is 108 Å². The molecule has 1 saturated carbocycles. The molecule has 0 aliphatic heterocycles. The number of carbonyl (C=O) groups excluding carboxylic acids is 2. The van der Waals surface area contributed by atoms with Crippen molar-refractivity contribution in [3.8, 4) is 23.0 Å². The first-order chi connectivity index (χ1) is 21.8. The zero-order valence-corrected chi connectivity index (χ0v) is 26.6. The van der Waals surface area contributed by atoms with Gasteiger partial charge in [0.1, 0.15) is 18.2 Å². The summed E-state index contributed by atoms with van der Waals surface area (Å²) in [5.41, 5.74) is 0.281. The van der Waals surface area contributed by atoms with E-state index in [4.69, 9.17) is 18.9 Å². The Kier molecular flexibility index (Phi) is 9.16. The van der Waals surface area contributed by atoms with E-state index in [0.717, 1.165) is 6.07 Å². The predicted octanol–water partition coefficient (Wildman–Crippen LogP) is 7.85. The second kappa shape index (κ2) is 12.9. The molecule has 9 nitrogen and oxygen atoms in total. The lowest BCUT2D eigenvalue weighted by Crippen LogP contribution is -2.22. The van der Waals surface area contributed by atoms with Crippen LogP contribution in [-0.2, 0) is 14.3 Å². The normalized spacial score (nSPS) is 16.9. The molecule has 5 rings (SSSR count). The zero-order valence-electron chi connectivity index (χ0n) is 26.6. The van der Waals surface area contributed by atoms with Gasteiger partial charge in [-0.2, -0.15) is 0 Å². The van der Waals surface area contributed by atoms with Gasteiger partial charge in [0, 0.05) is 37.9 Å². The number of carbonyl (C=O) groups is 2. The number of nitrogens with zero attached hydrogens (tertiary/aromatic N) is 1. The summed E-state index contributed by atoms with van der Waals surface area (Å²) < 4.78 is 51.6. The minimum absolute atomic E-state index is 0. The predicted molar refractivity (Wildman–Crippen MR) is 175 cm³/mol. The summed E-state index contributed by atoms with van der Waals surface area (Å²) in [4.78, 5) is 30.4. The molecule has 4 aromatic rings. The Morgan fingerprint density at radius 2 is 1.50 bits per heavy atom. The van der Waals surface area contributed by atoms with E-state index in [0.29, 0.717) is 40.4 Å². The van der Waals surface area contributed by atoms with Crippen LogP contribution in [0.25, 0.3) is 10.9 Å². The van der Waals surface area contributed by atoms with Gasteiger partial charge in [0.15, 0.2) is 23.1 Å². The highest BCUT2D eigenvalue weighted by Gasteiger charge is 2.65. The van der Waals surface area contributed by atoms with Gasteiger partial charge in [0.2, 0.25) is 11.8 Å². The molecule has 2 amide bonds. The minimum atomic E-state index is -0.701. The molecule has 2 N–H and O–H groups in total. The molecule has 0 bridgehead atoms. The standard InChI is InChI=1S/C35H37F2N3O6.2H2/c1-34(2,3)45-16-15-44-29-18-23-25(19-28(29)43-6)38-14-13-26(23)46-27-12-11-22(17-24(27)37)40-33(42)31-30(35(31,4)5)32(41)39-21-9-7-20(36)8-10-21;;/h7-14,17-19,30-31H,15-16H2,1-6H3,(H,39,41)(H,40,42);2*1H/t30-,31+;;/m0../s1. The van der Waals surface area contributed by atoms with Crippen molar-refractivity contribution in [3.05, 3.63) is 78.5 Å². The van der Waals surface area contributed by atoms with Gasteiger partial charge in [-0.1, -0.05) is 13.8 Å². The Morgan fingerprint density at radius 1 is 0.848 bits per heavy atom. The lowest BCUT2D eigenvalue weighted by atomic mass is 10.1. The van der Waals surface area contributed by atoms with E-state index in [1.165, 1.54) is 43.5 Å². The molecule has 0 unspecified atom stereocenters. The molecule has 246 valence electrons. The fourth-order valence-electron chi connectivity index (χ4n) is 5.36. The lowest BCUT2D eigenvalue weighted by Gasteiger charge is -2.20. The number of hydrogen-bond donors (Lipinski definition) is 2. The Labute approximate surface area is 269 Å². The number of rotatable bonds is 11. The van der Waals surface area contributed by atoms with Gasteiger partial charge in [-0.25, -0.2) is 8.78 Å². The quantitative estimate of drug-likeness (QED) is 0.161. The lowest BCUT2D eigenvalue weighted by molar-refractivity contribution is -0.122. The summed E-state index contributed by atoms with van der Waals surface area (Å²) in [6.45, 7) is 10.2. The van der Waals surface area contributed by atoms with Crippen molar-refractivity contribution in [2.75, 3.05) is 31.0 Å². The van der Waals surface area contributed by atoms with Gasteiger partial charge >= 0.3 is 0 Å². The molecule has 1 aliphatic carbocycles. The minimum Gasteiger partial charge on any atom is -0.493 e. The number of hydrogen-bond acceptors (Lipinski definition) is 7. The summed E-state index contributed by atoms with van der Waals surface area (Å²) in [5.74, 6) is -1.91. The molecule has 0 saturated heterocycles. The number of amides is 2. The smallest absolute Gasteiger partial charge is 0.228 e. The van der Waals surface area contributed by atoms with Gasteiger partial charge in [-0.05, 0) is 74.7 Å². The van der Waals surface area contributed by atoms with Crippen LogP contribution >= 0.6 is 0 Å². The number of pyridine rings is 1. The van der Waals surface area contributed by atoms with Crippen molar-refractivity contribution in [3.63, 3.8) is 0 Å². The van der Waals surface area contributed by atoms with Crippen molar-refractivity contribution < 1.29 is 40.2 Å². The first-order valence-electron chi connectivity index (χ1n) is 14.8. The first-order valence-corrected chi connectivity index (χ1v) is 14.8. The highest BCUT2D eigenvalue weighted by Crippen LogP contribution is 2.59. The third-order valence-electron chi connectivity index (χ3n) is 7.79. The van der Waals surface area contributed by atoms with Crippen LogP contribution in [0, 0.1) is 28.9 Å². The third kappa shape index (κ3) is 7.37. The number of methoxy groups -OCH3 is 1. The number of fused-ring (bicyclic) bond motifs is 1. The van der Waals surface area contributed by atoms with Gasteiger partial charge in [-0.15, -0.1) is 0 Å². The summed E-state index contributed by atoms with van der Waals surface area (Å²) in [6, 6.07) is 14.5. The molecular formula is C35H41F2N3O6. The fraction of sp³-hybridized carbons (Fsp3) is 0.343.